The first-order valence-corrected chi connectivity index (χ1v) is 9.99. The summed E-state index contributed by atoms with van der Waals surface area (Å²) < 4.78 is 6.19. The average molecular weight is 388 g/mol. The van der Waals surface area contributed by atoms with E-state index in [1.165, 1.54) is 6.20 Å². The molecule has 0 saturated heterocycles. The Bertz CT molecular complexity index is 923. The van der Waals surface area contributed by atoms with Crippen LogP contribution in [0, 0.1) is 16.7 Å². The predicted octanol–water partition coefficient (Wildman–Crippen LogP) is 4.51. The molecule has 1 heterocycles. The number of ether oxygens (including phenoxy) is 1. The average Bonchev–Trinajstić information content (AvgIpc) is 2.69. The van der Waals surface area contributed by atoms with E-state index >= 15 is 0 Å². The molecule has 1 aliphatic rings. The molecule has 5 nitrogen and oxygen atoms in total. The third kappa shape index (κ3) is 3.69. The van der Waals surface area contributed by atoms with Gasteiger partial charge in [-0.3, -0.25) is 4.79 Å². The van der Waals surface area contributed by atoms with Crippen molar-refractivity contribution in [1.82, 2.24) is 4.98 Å². The number of nitrogens with two attached hydrogens (primary N) is 1. The van der Waals surface area contributed by atoms with Crippen molar-refractivity contribution in [3.63, 3.8) is 0 Å². The highest BCUT2D eigenvalue weighted by Crippen LogP contribution is 2.44. The number of H-pyrrole nitrogens is 1. The lowest BCUT2D eigenvalue weighted by Gasteiger charge is -2.43. The van der Waals surface area contributed by atoms with Crippen molar-refractivity contribution in [3.8, 4) is 11.8 Å². The van der Waals surface area contributed by atoms with Gasteiger partial charge in [0.05, 0.1) is 22.1 Å². The lowest BCUT2D eigenvalue weighted by atomic mass is 9.66. The fraction of sp³-hybridized carbons (Fsp3) is 0.524. The fourth-order valence-electron chi connectivity index (χ4n) is 4.32. The van der Waals surface area contributed by atoms with Crippen LogP contribution in [0.15, 0.2) is 23.1 Å². The molecule has 6 heteroatoms. The van der Waals surface area contributed by atoms with Crippen molar-refractivity contribution in [3.05, 3.63) is 39.3 Å². The van der Waals surface area contributed by atoms with Gasteiger partial charge in [0.25, 0.3) is 5.56 Å². The number of halogens is 1. The van der Waals surface area contributed by atoms with E-state index in [1.807, 2.05) is 0 Å². The number of nitrogens with zero attached hydrogens (tertiary/aromatic N) is 1. The maximum absolute atomic E-state index is 12.0. The predicted molar refractivity (Wildman–Crippen MR) is 108 cm³/mol. The minimum Gasteiger partial charge on any atom is -0.489 e. The monoisotopic (exact) mass is 387 g/mol. The van der Waals surface area contributed by atoms with Gasteiger partial charge < -0.3 is 15.5 Å². The number of aromatic amines is 1. The third-order valence-electron chi connectivity index (χ3n) is 6.23. The largest absolute Gasteiger partial charge is 0.489 e. The first-order chi connectivity index (χ1) is 12.9. The van der Waals surface area contributed by atoms with Gasteiger partial charge in [0, 0.05) is 17.6 Å². The Labute approximate surface area is 164 Å². The maximum Gasteiger partial charge on any atom is 0.255 e. The van der Waals surface area contributed by atoms with Gasteiger partial charge in [-0.1, -0.05) is 25.4 Å². The Morgan fingerprint density at radius 1 is 1.37 bits per heavy atom. The molecule has 0 radical (unpaired) electrons. The van der Waals surface area contributed by atoms with Crippen molar-refractivity contribution in [1.29, 1.82) is 5.26 Å². The Balaban J connectivity index is 1.83. The summed E-state index contributed by atoms with van der Waals surface area (Å²) in [5.41, 5.74) is 6.73. The molecule has 0 spiro atoms. The molecule has 1 aromatic carbocycles. The second kappa shape index (κ2) is 7.92. The smallest absolute Gasteiger partial charge is 0.255 e. The number of pyridine rings is 1. The summed E-state index contributed by atoms with van der Waals surface area (Å²) in [4.78, 5) is 14.6. The summed E-state index contributed by atoms with van der Waals surface area (Å²) in [6.45, 7) is 4.37. The summed E-state index contributed by atoms with van der Waals surface area (Å²) in [7, 11) is 0. The van der Waals surface area contributed by atoms with Crippen LogP contribution in [0.1, 0.15) is 57.9 Å². The number of nitriles is 1. The zero-order chi connectivity index (χ0) is 19.6. The highest BCUT2D eigenvalue weighted by Gasteiger charge is 2.38. The van der Waals surface area contributed by atoms with Crippen molar-refractivity contribution in [2.45, 2.75) is 64.5 Å². The van der Waals surface area contributed by atoms with Gasteiger partial charge in [-0.15, -0.1) is 0 Å². The van der Waals surface area contributed by atoms with Crippen LogP contribution in [0.25, 0.3) is 10.8 Å². The molecule has 0 aliphatic heterocycles. The molecule has 27 heavy (non-hydrogen) atoms. The molecule has 1 unspecified atom stereocenters. The van der Waals surface area contributed by atoms with E-state index in [0.717, 1.165) is 38.5 Å². The number of fused-ring (bicyclic) bond motifs is 1. The quantitative estimate of drug-likeness (QED) is 0.789. The van der Waals surface area contributed by atoms with Gasteiger partial charge in [0.15, 0.2) is 0 Å². The van der Waals surface area contributed by atoms with Crippen LogP contribution >= 0.6 is 11.6 Å². The molecule has 144 valence electrons. The van der Waals surface area contributed by atoms with E-state index in [9.17, 15) is 10.1 Å². The van der Waals surface area contributed by atoms with Crippen molar-refractivity contribution in [2.24, 2.45) is 11.1 Å². The second-order valence-corrected chi connectivity index (χ2v) is 7.93. The second-order valence-electron chi connectivity index (χ2n) is 7.52. The number of nitrogens with one attached hydrogen (secondary N) is 1. The number of aromatic nitrogens is 1. The molecule has 1 saturated carbocycles. The SMILES string of the molecule is CCC(N)[C@]1(CC)CC[C@H](Oc2cc3c(C#N)c[nH]c(=O)c3cc2Cl)CC1. The van der Waals surface area contributed by atoms with Gasteiger partial charge in [-0.05, 0) is 56.1 Å². The normalized spacial score (nSPS) is 23.7. The maximum atomic E-state index is 12.0. The highest BCUT2D eigenvalue weighted by atomic mass is 35.5. The molecule has 2 aromatic rings. The summed E-state index contributed by atoms with van der Waals surface area (Å²) in [5, 5.41) is 10.7. The van der Waals surface area contributed by atoms with Crippen LogP contribution in [0.3, 0.4) is 0 Å². The van der Waals surface area contributed by atoms with E-state index < -0.39 is 0 Å². The van der Waals surface area contributed by atoms with Crippen LogP contribution < -0.4 is 16.0 Å². The standard InChI is InChI=1S/C21H26ClN3O2/c1-3-19(24)21(4-2)7-5-14(6-8-21)27-18-10-15-13(11-23)12-25-20(26)16(15)9-17(18)22/h9-10,12,14,19H,3-8,24H2,1-2H3,(H,25,26)/t14-,19?,21+. The molecule has 1 atom stereocenters. The van der Waals surface area contributed by atoms with Crippen LogP contribution in [-0.2, 0) is 0 Å². The van der Waals surface area contributed by atoms with E-state index in [-0.39, 0.29) is 23.1 Å². The van der Waals surface area contributed by atoms with E-state index in [4.69, 9.17) is 22.1 Å². The van der Waals surface area contributed by atoms with E-state index in [1.54, 1.807) is 12.1 Å². The molecular weight excluding hydrogens is 362 g/mol. The highest BCUT2D eigenvalue weighted by molar-refractivity contribution is 6.32. The summed E-state index contributed by atoms with van der Waals surface area (Å²) in [6, 6.07) is 5.62. The molecule has 1 aromatic heterocycles. The molecular formula is C21H26ClN3O2. The summed E-state index contributed by atoms with van der Waals surface area (Å²) in [5.74, 6) is 0.528. The van der Waals surface area contributed by atoms with Crippen LogP contribution in [0.2, 0.25) is 5.02 Å². The summed E-state index contributed by atoms with van der Waals surface area (Å²) in [6.07, 6.45) is 7.49. The molecule has 1 aliphatic carbocycles. The Morgan fingerprint density at radius 3 is 2.67 bits per heavy atom. The number of benzene rings is 1. The van der Waals surface area contributed by atoms with Gasteiger partial charge >= 0.3 is 0 Å². The first kappa shape index (κ1) is 19.7. The zero-order valence-electron chi connectivity index (χ0n) is 15.8. The van der Waals surface area contributed by atoms with Crippen molar-refractivity contribution < 1.29 is 4.74 Å². The number of hydrogen-bond acceptors (Lipinski definition) is 4. The number of hydrogen-bond donors (Lipinski definition) is 2. The summed E-state index contributed by atoms with van der Waals surface area (Å²) >= 11 is 6.37. The first-order valence-electron chi connectivity index (χ1n) is 9.61. The molecule has 0 amide bonds. The minimum absolute atomic E-state index is 0.0659. The molecule has 0 bridgehead atoms. The lowest BCUT2D eigenvalue weighted by Crippen LogP contribution is -2.45. The van der Waals surface area contributed by atoms with E-state index in [2.05, 4.69) is 24.9 Å². The lowest BCUT2D eigenvalue weighted by molar-refractivity contribution is 0.0569. The fourth-order valence-corrected chi connectivity index (χ4v) is 4.53. The Morgan fingerprint density at radius 2 is 2.07 bits per heavy atom. The number of rotatable bonds is 5. The van der Waals surface area contributed by atoms with Crippen molar-refractivity contribution in [2.75, 3.05) is 0 Å². The zero-order valence-corrected chi connectivity index (χ0v) is 16.6. The Kier molecular flexibility index (Phi) is 5.78. The molecule has 3 rings (SSSR count). The minimum atomic E-state index is -0.267. The van der Waals surface area contributed by atoms with Crippen molar-refractivity contribution >= 4 is 22.4 Å². The van der Waals surface area contributed by atoms with Gasteiger partial charge in [-0.25, -0.2) is 0 Å². The molecule has 3 N–H and O–H groups in total. The Hall–Kier alpha value is -2.03. The van der Waals surface area contributed by atoms with Crippen LogP contribution in [0.5, 0.6) is 5.75 Å². The van der Waals surface area contributed by atoms with Gasteiger partial charge in [0.1, 0.15) is 11.8 Å². The third-order valence-corrected chi connectivity index (χ3v) is 6.52. The van der Waals surface area contributed by atoms with E-state index in [0.29, 0.717) is 27.1 Å². The van der Waals surface area contributed by atoms with Crippen LogP contribution in [-0.4, -0.2) is 17.1 Å². The van der Waals surface area contributed by atoms with Gasteiger partial charge in [0.2, 0.25) is 0 Å². The topological polar surface area (TPSA) is 91.9 Å². The molecule has 1 fully saturated rings. The van der Waals surface area contributed by atoms with Crippen LogP contribution in [0.4, 0.5) is 0 Å². The van der Waals surface area contributed by atoms with Gasteiger partial charge in [-0.2, -0.15) is 5.26 Å².